The molecular weight excluding hydrogens is 188 g/mol. The van der Waals surface area contributed by atoms with Gasteiger partial charge in [0.1, 0.15) is 0 Å². The topological polar surface area (TPSA) is 49.4 Å². The minimum atomic E-state index is -2.97. The molecule has 1 atom stereocenters. The molecule has 1 aliphatic heterocycles. The summed E-state index contributed by atoms with van der Waals surface area (Å²) in [5.41, 5.74) is 0. The van der Waals surface area contributed by atoms with E-state index in [0.29, 0.717) is 19.1 Å². The van der Waals surface area contributed by atoms with Crippen LogP contribution in [0.25, 0.3) is 0 Å². The maximum Gasteiger partial charge on any atom is 0.213 e. The summed E-state index contributed by atoms with van der Waals surface area (Å²) in [5, 5.41) is 3.29. The summed E-state index contributed by atoms with van der Waals surface area (Å²) in [6.07, 6.45) is 0.982. The Morgan fingerprint density at radius 1 is 1.46 bits per heavy atom. The van der Waals surface area contributed by atoms with Crippen LogP contribution in [0, 0.1) is 0 Å². The van der Waals surface area contributed by atoms with Gasteiger partial charge in [-0.05, 0) is 13.3 Å². The first kappa shape index (κ1) is 10.9. The van der Waals surface area contributed by atoms with Gasteiger partial charge in [-0.15, -0.1) is 0 Å². The number of nitrogens with zero attached hydrogens (tertiary/aromatic N) is 1. The fraction of sp³-hybridized carbons (Fsp3) is 1.00. The van der Waals surface area contributed by atoms with Gasteiger partial charge < -0.3 is 5.32 Å². The summed E-state index contributed by atoms with van der Waals surface area (Å²) in [4.78, 5) is 0. The van der Waals surface area contributed by atoms with Crippen molar-refractivity contribution >= 4 is 10.0 Å². The van der Waals surface area contributed by atoms with Gasteiger partial charge in [-0.3, -0.25) is 0 Å². The Bertz CT molecular complexity index is 251. The van der Waals surface area contributed by atoms with E-state index in [1.807, 2.05) is 0 Å². The molecule has 78 valence electrons. The number of hydrogen-bond donors (Lipinski definition) is 1. The predicted molar refractivity (Wildman–Crippen MR) is 53.1 cm³/mol. The average Bonchev–Trinajstić information content (AvgIpc) is 2.18. The maximum atomic E-state index is 11.5. The molecule has 0 aromatic carbocycles. The third-order valence-electron chi connectivity index (χ3n) is 2.47. The van der Waals surface area contributed by atoms with E-state index < -0.39 is 10.0 Å². The molecule has 0 aromatic heterocycles. The summed E-state index contributed by atoms with van der Waals surface area (Å²) >= 11 is 0. The van der Waals surface area contributed by atoms with E-state index in [4.69, 9.17) is 0 Å². The van der Waals surface area contributed by atoms with Crippen molar-refractivity contribution in [2.24, 2.45) is 0 Å². The molecule has 13 heavy (non-hydrogen) atoms. The van der Waals surface area contributed by atoms with Gasteiger partial charge >= 0.3 is 0 Å². The van der Waals surface area contributed by atoms with Crippen LogP contribution in [0.2, 0.25) is 0 Å². The second-order valence-corrected chi connectivity index (χ2v) is 5.58. The molecule has 0 aromatic rings. The van der Waals surface area contributed by atoms with Crippen molar-refractivity contribution in [2.45, 2.75) is 26.3 Å². The lowest BCUT2D eigenvalue weighted by Gasteiger charge is -2.32. The fourth-order valence-electron chi connectivity index (χ4n) is 1.50. The van der Waals surface area contributed by atoms with Crippen molar-refractivity contribution in [1.82, 2.24) is 9.62 Å². The number of hydrogen-bond acceptors (Lipinski definition) is 3. The molecular formula is C8H18N2O2S. The maximum absolute atomic E-state index is 11.5. The van der Waals surface area contributed by atoms with Crippen molar-refractivity contribution in [3.05, 3.63) is 0 Å². The standard InChI is InChI=1S/C8H18N2O2S/c1-3-8-7-10(6-5-9-8)13(11,12)4-2/h8-9H,3-7H2,1-2H3. The van der Waals surface area contributed by atoms with Crippen LogP contribution >= 0.6 is 0 Å². The Morgan fingerprint density at radius 3 is 2.69 bits per heavy atom. The van der Waals surface area contributed by atoms with E-state index >= 15 is 0 Å². The predicted octanol–water partition coefficient (Wildman–Crippen LogP) is 0.0199. The quantitative estimate of drug-likeness (QED) is 0.708. The van der Waals surface area contributed by atoms with Crippen molar-refractivity contribution in [3.63, 3.8) is 0 Å². The largest absolute Gasteiger partial charge is 0.311 e. The normalized spacial score (nSPS) is 26.2. The molecule has 5 heteroatoms. The lowest BCUT2D eigenvalue weighted by atomic mass is 10.2. The molecule has 4 nitrogen and oxygen atoms in total. The van der Waals surface area contributed by atoms with Crippen LogP contribution in [0.15, 0.2) is 0 Å². The van der Waals surface area contributed by atoms with Gasteiger partial charge in [-0.2, -0.15) is 4.31 Å². The van der Waals surface area contributed by atoms with Crippen LogP contribution in [0.4, 0.5) is 0 Å². The molecule has 1 fully saturated rings. The van der Waals surface area contributed by atoms with Crippen LogP contribution in [0.1, 0.15) is 20.3 Å². The van der Waals surface area contributed by atoms with E-state index in [1.165, 1.54) is 0 Å². The Hall–Kier alpha value is -0.130. The van der Waals surface area contributed by atoms with Gasteiger partial charge in [0.05, 0.1) is 5.75 Å². The number of nitrogens with one attached hydrogen (secondary N) is 1. The third kappa shape index (κ3) is 2.65. The first-order chi connectivity index (χ1) is 6.10. The summed E-state index contributed by atoms with van der Waals surface area (Å²) in [6, 6.07) is 0.329. The van der Waals surface area contributed by atoms with Gasteiger partial charge in [0.25, 0.3) is 0 Å². The van der Waals surface area contributed by atoms with Crippen molar-refractivity contribution in [1.29, 1.82) is 0 Å². The molecule has 1 saturated heterocycles. The summed E-state index contributed by atoms with van der Waals surface area (Å²) in [5.74, 6) is 0.212. The first-order valence-electron chi connectivity index (χ1n) is 4.81. The molecule has 0 amide bonds. The highest BCUT2D eigenvalue weighted by Crippen LogP contribution is 2.07. The van der Waals surface area contributed by atoms with E-state index in [0.717, 1.165) is 13.0 Å². The molecule has 0 radical (unpaired) electrons. The van der Waals surface area contributed by atoms with E-state index in [2.05, 4.69) is 12.2 Å². The van der Waals surface area contributed by atoms with Crippen molar-refractivity contribution in [2.75, 3.05) is 25.4 Å². The first-order valence-corrected chi connectivity index (χ1v) is 6.42. The van der Waals surface area contributed by atoms with Crippen LogP contribution in [0.5, 0.6) is 0 Å². The monoisotopic (exact) mass is 206 g/mol. The molecule has 0 spiro atoms. The highest BCUT2D eigenvalue weighted by Gasteiger charge is 2.25. The van der Waals surface area contributed by atoms with Gasteiger partial charge in [0.15, 0.2) is 0 Å². The average molecular weight is 206 g/mol. The Balaban J connectivity index is 2.61. The Morgan fingerprint density at radius 2 is 2.15 bits per heavy atom. The van der Waals surface area contributed by atoms with Crippen LogP contribution < -0.4 is 5.32 Å². The second kappa shape index (κ2) is 4.39. The van der Waals surface area contributed by atoms with Crippen molar-refractivity contribution < 1.29 is 8.42 Å². The van der Waals surface area contributed by atoms with E-state index in [9.17, 15) is 8.42 Å². The SMILES string of the molecule is CCC1CN(S(=O)(=O)CC)CCN1. The fourth-order valence-corrected chi connectivity index (χ4v) is 2.65. The highest BCUT2D eigenvalue weighted by molar-refractivity contribution is 7.89. The Kier molecular flexibility index (Phi) is 3.70. The number of sulfonamides is 1. The summed E-state index contributed by atoms with van der Waals surface area (Å²) in [7, 11) is -2.97. The Labute approximate surface area is 80.4 Å². The zero-order chi connectivity index (χ0) is 9.90. The molecule has 1 N–H and O–H groups in total. The molecule has 0 bridgehead atoms. The van der Waals surface area contributed by atoms with Gasteiger partial charge in [0.2, 0.25) is 10.0 Å². The van der Waals surface area contributed by atoms with Gasteiger partial charge in [0, 0.05) is 25.7 Å². The van der Waals surface area contributed by atoms with Crippen molar-refractivity contribution in [3.8, 4) is 0 Å². The van der Waals surface area contributed by atoms with Gasteiger partial charge in [-0.25, -0.2) is 8.42 Å². The number of rotatable bonds is 3. The minimum Gasteiger partial charge on any atom is -0.311 e. The lowest BCUT2D eigenvalue weighted by Crippen LogP contribution is -2.52. The van der Waals surface area contributed by atoms with E-state index in [-0.39, 0.29) is 5.75 Å². The van der Waals surface area contributed by atoms with Crippen LogP contribution in [-0.4, -0.2) is 44.2 Å². The molecule has 0 aliphatic carbocycles. The molecule has 1 rings (SSSR count). The van der Waals surface area contributed by atoms with Crippen LogP contribution in [-0.2, 0) is 10.0 Å². The van der Waals surface area contributed by atoms with Gasteiger partial charge in [-0.1, -0.05) is 6.92 Å². The minimum absolute atomic E-state index is 0.212. The second-order valence-electron chi connectivity index (χ2n) is 3.32. The molecule has 1 unspecified atom stereocenters. The molecule has 0 saturated carbocycles. The zero-order valence-electron chi connectivity index (χ0n) is 8.28. The zero-order valence-corrected chi connectivity index (χ0v) is 9.10. The smallest absolute Gasteiger partial charge is 0.213 e. The summed E-state index contributed by atoms with van der Waals surface area (Å²) < 4.78 is 24.6. The lowest BCUT2D eigenvalue weighted by molar-refractivity contribution is 0.294. The highest BCUT2D eigenvalue weighted by atomic mass is 32.2. The molecule has 1 heterocycles. The molecule has 1 aliphatic rings. The number of piperazine rings is 1. The third-order valence-corrected chi connectivity index (χ3v) is 4.32. The van der Waals surface area contributed by atoms with E-state index in [1.54, 1.807) is 11.2 Å². The van der Waals surface area contributed by atoms with Crippen LogP contribution in [0.3, 0.4) is 0 Å². The summed E-state index contributed by atoms with van der Waals surface area (Å²) in [6.45, 7) is 5.79.